The number of aliphatic carboxylic acids is 2. The Morgan fingerprint density at radius 2 is 0.677 bits per heavy atom. The minimum Gasteiger partial charge on any atom is -0.480 e. The monoisotopic (exact) mass is 1460 g/mol. The first kappa shape index (κ1) is 77.8. The molecule has 8 atom stereocenters. The van der Waals surface area contributed by atoms with Crippen molar-refractivity contribution in [3.8, 4) is 0 Å². The van der Waals surface area contributed by atoms with Crippen LogP contribution in [0.1, 0.15) is 167 Å². The highest BCUT2D eigenvalue weighted by molar-refractivity contribution is 8.04. The Balaban J connectivity index is 0.000000206. The number of amides is 6. The van der Waals surface area contributed by atoms with Crippen LogP contribution >= 0.6 is 70.6 Å². The van der Waals surface area contributed by atoms with Gasteiger partial charge in [-0.2, -0.15) is 70.6 Å². The van der Waals surface area contributed by atoms with Crippen molar-refractivity contribution in [2.45, 2.75) is 223 Å². The van der Waals surface area contributed by atoms with Crippen molar-refractivity contribution in [1.82, 2.24) is 31.9 Å². The van der Waals surface area contributed by atoms with Crippen molar-refractivity contribution in [2.24, 2.45) is 64.4 Å². The molecule has 14 fully saturated rings. The second-order valence-electron chi connectivity index (χ2n) is 30.4. The van der Waals surface area contributed by atoms with Crippen molar-refractivity contribution in [1.29, 1.82) is 0 Å². The molecule has 8 unspecified atom stereocenters. The zero-order valence-corrected chi connectivity index (χ0v) is 62.2. The van der Waals surface area contributed by atoms with Gasteiger partial charge in [-0.05, 0) is 232 Å². The number of rotatable bonds is 39. The molecule has 14 saturated carbocycles. The van der Waals surface area contributed by atoms with Crippen LogP contribution in [0, 0.1) is 58.7 Å². The maximum absolute atomic E-state index is 13.8. The van der Waals surface area contributed by atoms with E-state index in [1.807, 2.05) is 36.0 Å². The molecule has 0 heterocycles. The fraction of sp³-hybridized carbons (Fsp3) is 0.884. The quantitative estimate of drug-likeness (QED) is 0.0208. The zero-order valence-electron chi connectivity index (χ0n) is 57.3. The minimum absolute atomic E-state index is 0.00979. The first-order valence-electron chi connectivity index (χ1n) is 35.7. The number of nitrogens with two attached hydrogens (primary N) is 1. The number of thioether (sulfide) groups is 6. The molecule has 12 bridgehead atoms. The summed E-state index contributed by atoms with van der Waals surface area (Å²) in [5, 5.41) is 38.3. The van der Waals surface area contributed by atoms with Gasteiger partial charge in [0.2, 0.25) is 35.4 Å². The molecule has 96 heavy (non-hydrogen) atoms. The lowest BCUT2D eigenvalue weighted by molar-refractivity contribution is -0.141. The van der Waals surface area contributed by atoms with E-state index in [-0.39, 0.29) is 106 Å². The van der Waals surface area contributed by atoms with Gasteiger partial charge in [-0.1, -0.05) is 0 Å². The van der Waals surface area contributed by atoms with E-state index in [4.69, 9.17) is 29.8 Å². The third kappa shape index (κ3) is 22.8. The van der Waals surface area contributed by atoms with Gasteiger partial charge in [0.15, 0.2) is 0 Å². The van der Waals surface area contributed by atoms with E-state index in [0.717, 1.165) is 111 Å². The van der Waals surface area contributed by atoms with Crippen molar-refractivity contribution in [3.63, 3.8) is 0 Å². The van der Waals surface area contributed by atoms with Gasteiger partial charge in [0.05, 0.1) is 52.1 Å². The summed E-state index contributed by atoms with van der Waals surface area (Å²) >= 11 is 9.97. The van der Waals surface area contributed by atoms with Crippen LogP contribution in [0.5, 0.6) is 0 Å². The number of hydrogen-bond acceptors (Lipinski definition) is 19. The summed E-state index contributed by atoms with van der Waals surface area (Å²) in [6, 6.07) is -3.01. The van der Waals surface area contributed by atoms with E-state index in [0.29, 0.717) is 43.7 Å². The van der Waals surface area contributed by atoms with Gasteiger partial charge in [-0.3, -0.25) is 28.8 Å². The molecule has 0 aromatic carbocycles. The summed E-state index contributed by atoms with van der Waals surface area (Å²) in [5.41, 5.74) is 6.37. The fourth-order valence-electron chi connectivity index (χ4n) is 19.1. The van der Waals surface area contributed by atoms with Gasteiger partial charge in [0.1, 0.15) is 37.8 Å². The van der Waals surface area contributed by atoms with E-state index in [1.54, 1.807) is 41.5 Å². The third-order valence-corrected chi connectivity index (χ3v) is 29.8. The van der Waals surface area contributed by atoms with E-state index in [2.05, 4.69) is 38.2 Å². The maximum atomic E-state index is 13.8. The van der Waals surface area contributed by atoms with Gasteiger partial charge in [-0.15, -0.1) is 0 Å². The van der Waals surface area contributed by atoms with Crippen molar-refractivity contribution in [3.05, 3.63) is 0 Å². The maximum Gasteiger partial charge on any atom is 0.327 e. The number of hydrogen-bond donors (Lipinski definition) is 9. The summed E-state index contributed by atoms with van der Waals surface area (Å²) in [6.07, 6.45) is 36.1. The van der Waals surface area contributed by atoms with Crippen LogP contribution in [0.25, 0.3) is 0 Å². The zero-order chi connectivity index (χ0) is 68.4. The topological polar surface area (TPSA) is 312 Å². The molecule has 14 rings (SSSR count). The Kier molecular flexibility index (Phi) is 30.6. The SMILES string of the molecule is CSCC(NC(=O)CCOCOCCC(=O)NC(CSC1CCC1SC)C(=O)NC12CC3CC(CC(C3)C1)C2)C(=O)NC12CC3CC(CC(C3)C1)C2.CSCC(NC(=O)CCOCOCCC(=O)NC(CSC1CCC1SC)C(=O)O)C(=O)O.NCC12CC3CC(CC(C3)C1)C2. The third-order valence-electron chi connectivity index (χ3n) is 22.8. The molecule has 27 heteroatoms. The van der Waals surface area contributed by atoms with Gasteiger partial charge >= 0.3 is 11.9 Å². The Hall–Kier alpha value is -2.34. The highest BCUT2D eigenvalue weighted by Gasteiger charge is 2.54. The van der Waals surface area contributed by atoms with E-state index in [9.17, 15) is 43.5 Å². The van der Waals surface area contributed by atoms with E-state index in [1.165, 1.54) is 102 Å². The Labute approximate surface area is 595 Å². The van der Waals surface area contributed by atoms with Gasteiger partial charge in [0, 0.05) is 55.1 Å². The lowest BCUT2D eigenvalue weighted by Crippen LogP contribution is -2.63. The molecule has 10 N–H and O–H groups in total. The normalized spacial score (nSPS) is 33.9. The van der Waals surface area contributed by atoms with Gasteiger partial charge < -0.3 is 66.8 Å². The molecule has 14 aliphatic carbocycles. The Bertz CT molecular complexity index is 2490. The van der Waals surface area contributed by atoms with Gasteiger partial charge in [-0.25, -0.2) is 9.59 Å². The van der Waals surface area contributed by atoms with Crippen LogP contribution in [0.4, 0.5) is 0 Å². The summed E-state index contributed by atoms with van der Waals surface area (Å²) in [6.45, 7) is 1.20. The molecular formula is C69H113N7O14S6. The molecule has 6 amide bonds. The molecule has 0 aromatic rings. The molecular weight excluding hydrogens is 1340 g/mol. The first-order valence-corrected chi connectivity index (χ1v) is 43.2. The first-order chi connectivity index (χ1) is 46.2. The van der Waals surface area contributed by atoms with E-state index < -0.39 is 47.9 Å². The number of carbonyl (C=O) groups is 8. The molecule has 21 nitrogen and oxygen atoms in total. The standard InChI is InChI=1S/C39H62N4O6S3.C19H32N2O8S3.C11H19N/c1-50-21-30(36(46)42-38-15-24-9-25(16-38)11-26(10-24)17-38)40-34(44)5-7-48-23-49-8-6-35(45)41-31(22-52-33-4-3-32(33)51-2)37(47)43-39-18-27-12-28(19-39)14-29(13-27)20-39;1-30-9-12(18(24)25)20-16(22)5-7-28-11-29-8-6-17(23)21-13(19(26)27)10-32-15-4-3-14(15)31-2;12-7-11-4-8-1-9(5-11)3-10(2-8)6-11/h24-33H,3-23H2,1-2H3,(H,40,44)(H,41,45)(H,42,46)(H,43,47);12-15H,3-11H2,1-2H3,(H,20,22)(H,21,23)(H,24,25)(H,26,27);8-10H,1-7,12H2. The predicted molar refractivity (Wildman–Crippen MR) is 385 cm³/mol. The number of carbonyl (C=O) groups excluding carboxylic acids is 6. The smallest absolute Gasteiger partial charge is 0.327 e. The summed E-state index contributed by atoms with van der Waals surface area (Å²) in [5.74, 6) is 5.81. The number of nitrogens with one attached hydrogen (secondary N) is 6. The molecule has 0 radical (unpaired) electrons. The van der Waals surface area contributed by atoms with Gasteiger partial charge in [0.25, 0.3) is 0 Å². The minimum atomic E-state index is -1.09. The Morgan fingerprint density at radius 3 is 0.958 bits per heavy atom. The number of ether oxygens (including phenoxy) is 4. The van der Waals surface area contributed by atoms with Crippen LogP contribution in [0.2, 0.25) is 0 Å². The van der Waals surface area contributed by atoms with Crippen molar-refractivity contribution in [2.75, 3.05) is 94.6 Å². The Morgan fingerprint density at radius 1 is 0.406 bits per heavy atom. The largest absolute Gasteiger partial charge is 0.480 e. The number of carboxylic acids is 2. The second kappa shape index (κ2) is 37.7. The molecule has 0 saturated heterocycles. The van der Waals surface area contributed by atoms with Crippen LogP contribution < -0.4 is 37.6 Å². The summed E-state index contributed by atoms with van der Waals surface area (Å²) < 4.78 is 21.4. The molecule has 0 aliphatic heterocycles. The predicted octanol–water partition coefficient (Wildman–Crippen LogP) is 7.93. The lowest BCUT2D eigenvalue weighted by atomic mass is 9.50. The molecule has 14 aliphatic rings. The fourth-order valence-corrected chi connectivity index (χ4v) is 25.7. The van der Waals surface area contributed by atoms with E-state index >= 15 is 0 Å². The molecule has 0 spiro atoms. The van der Waals surface area contributed by atoms with Crippen LogP contribution in [-0.2, 0) is 57.3 Å². The molecule has 544 valence electrons. The highest BCUT2D eigenvalue weighted by Crippen LogP contribution is 2.60. The lowest BCUT2D eigenvalue weighted by Gasteiger charge is -2.57. The average Bonchev–Trinajstić information content (AvgIpc) is 0.766. The number of carboxylic acid groups (broad SMARTS) is 2. The highest BCUT2D eigenvalue weighted by atomic mass is 32.2. The molecule has 0 aromatic heterocycles. The van der Waals surface area contributed by atoms with Crippen LogP contribution in [0.15, 0.2) is 0 Å². The second-order valence-corrected chi connectivity index (χ2v) is 36.9. The van der Waals surface area contributed by atoms with Crippen LogP contribution in [-0.4, -0.2) is 208 Å². The van der Waals surface area contributed by atoms with Crippen LogP contribution in [0.3, 0.4) is 0 Å². The summed E-state index contributed by atoms with van der Waals surface area (Å²) in [7, 11) is 0. The average molecular weight is 1460 g/mol. The summed E-state index contributed by atoms with van der Waals surface area (Å²) in [4.78, 5) is 99.1. The van der Waals surface area contributed by atoms with Crippen molar-refractivity contribution >= 4 is 118 Å². The van der Waals surface area contributed by atoms with Crippen molar-refractivity contribution < 1.29 is 67.5 Å².